The molecule has 3 heterocycles. The largest absolute Gasteiger partial charge is 0.462 e. The van der Waals surface area contributed by atoms with Gasteiger partial charge in [0, 0.05) is 13.2 Å². The van der Waals surface area contributed by atoms with E-state index in [1.807, 2.05) is 17.7 Å². The zero-order valence-corrected chi connectivity index (χ0v) is 13.4. The zero-order valence-electron chi connectivity index (χ0n) is 12.6. The highest BCUT2D eigenvalue weighted by atomic mass is 32.2. The number of carbonyl (C=O) groups excluding carboxylic acids is 1. The molecule has 0 aliphatic rings. The molecule has 0 fully saturated rings. The SMILES string of the molecule is CCOC(=O)c1ccc(Sc2nnc(-c3ccco3)n2C)nc1. The highest BCUT2D eigenvalue weighted by Gasteiger charge is 2.15. The van der Waals surface area contributed by atoms with Gasteiger partial charge in [-0.1, -0.05) is 0 Å². The van der Waals surface area contributed by atoms with Crippen LogP contribution in [-0.4, -0.2) is 32.3 Å². The van der Waals surface area contributed by atoms with Crippen LogP contribution in [0, 0.1) is 0 Å². The number of pyridine rings is 1. The lowest BCUT2D eigenvalue weighted by molar-refractivity contribution is 0.0525. The molecule has 118 valence electrons. The maximum Gasteiger partial charge on any atom is 0.339 e. The number of aromatic nitrogens is 4. The first-order valence-electron chi connectivity index (χ1n) is 6.93. The van der Waals surface area contributed by atoms with Gasteiger partial charge in [-0.25, -0.2) is 9.78 Å². The lowest BCUT2D eigenvalue weighted by Crippen LogP contribution is -2.04. The van der Waals surface area contributed by atoms with Crippen LogP contribution in [-0.2, 0) is 11.8 Å². The van der Waals surface area contributed by atoms with Gasteiger partial charge in [0.15, 0.2) is 16.7 Å². The Balaban J connectivity index is 1.76. The summed E-state index contributed by atoms with van der Waals surface area (Å²) in [6.45, 7) is 2.10. The molecule has 0 amide bonds. The van der Waals surface area contributed by atoms with Crippen LogP contribution in [0.2, 0.25) is 0 Å². The van der Waals surface area contributed by atoms with E-state index < -0.39 is 0 Å². The Kier molecular flexibility index (Phi) is 4.42. The Bertz CT molecular complexity index is 797. The van der Waals surface area contributed by atoms with E-state index in [0.29, 0.717) is 33.9 Å². The number of carbonyl (C=O) groups is 1. The third-order valence-corrected chi connectivity index (χ3v) is 4.01. The van der Waals surface area contributed by atoms with Gasteiger partial charge in [0.05, 0.1) is 18.4 Å². The lowest BCUT2D eigenvalue weighted by atomic mass is 10.3. The highest BCUT2D eigenvalue weighted by Crippen LogP contribution is 2.27. The van der Waals surface area contributed by atoms with Gasteiger partial charge in [0.1, 0.15) is 5.03 Å². The number of rotatable bonds is 5. The summed E-state index contributed by atoms with van der Waals surface area (Å²) in [5, 5.41) is 9.64. The lowest BCUT2D eigenvalue weighted by Gasteiger charge is -2.03. The van der Waals surface area contributed by atoms with Crippen molar-refractivity contribution in [1.82, 2.24) is 19.7 Å². The Labute approximate surface area is 136 Å². The number of nitrogens with zero attached hydrogens (tertiary/aromatic N) is 4. The molecule has 3 rings (SSSR count). The minimum absolute atomic E-state index is 0.337. The molecule has 0 aliphatic carbocycles. The molecule has 0 bridgehead atoms. The van der Waals surface area contributed by atoms with E-state index in [-0.39, 0.29) is 5.97 Å². The van der Waals surface area contributed by atoms with Gasteiger partial charge in [-0.15, -0.1) is 10.2 Å². The van der Waals surface area contributed by atoms with Crippen molar-refractivity contribution in [1.29, 1.82) is 0 Å². The summed E-state index contributed by atoms with van der Waals surface area (Å²) in [5.74, 6) is 0.911. The van der Waals surface area contributed by atoms with Gasteiger partial charge in [-0.2, -0.15) is 0 Å². The van der Waals surface area contributed by atoms with Crippen LogP contribution >= 0.6 is 11.8 Å². The topological polar surface area (TPSA) is 83.0 Å². The van der Waals surface area contributed by atoms with E-state index in [2.05, 4.69) is 15.2 Å². The Morgan fingerprint density at radius 3 is 2.87 bits per heavy atom. The molecule has 0 spiro atoms. The predicted octanol–water partition coefficient (Wildman–Crippen LogP) is 2.80. The Hall–Kier alpha value is -2.61. The minimum atomic E-state index is -0.379. The van der Waals surface area contributed by atoms with E-state index in [4.69, 9.17) is 9.15 Å². The fourth-order valence-corrected chi connectivity index (χ4v) is 2.63. The molecule has 8 heteroatoms. The summed E-state index contributed by atoms with van der Waals surface area (Å²) in [4.78, 5) is 15.8. The van der Waals surface area contributed by atoms with Crippen LogP contribution < -0.4 is 0 Å². The second-order valence-corrected chi connectivity index (χ2v) is 5.54. The van der Waals surface area contributed by atoms with Crippen LogP contribution in [0.1, 0.15) is 17.3 Å². The van der Waals surface area contributed by atoms with Gasteiger partial charge in [-0.05, 0) is 43.0 Å². The fourth-order valence-electron chi connectivity index (χ4n) is 1.89. The maximum atomic E-state index is 11.6. The van der Waals surface area contributed by atoms with Gasteiger partial charge in [0.25, 0.3) is 0 Å². The van der Waals surface area contributed by atoms with Crippen molar-refractivity contribution >= 4 is 17.7 Å². The average Bonchev–Trinajstić information content (AvgIpc) is 3.19. The number of esters is 1. The molecule has 0 saturated heterocycles. The fraction of sp³-hybridized carbons (Fsp3) is 0.200. The highest BCUT2D eigenvalue weighted by molar-refractivity contribution is 7.99. The third kappa shape index (κ3) is 3.26. The molecular weight excluding hydrogens is 316 g/mol. The van der Waals surface area contributed by atoms with Crippen molar-refractivity contribution in [2.24, 2.45) is 7.05 Å². The Morgan fingerprint density at radius 2 is 2.22 bits per heavy atom. The molecule has 7 nitrogen and oxygen atoms in total. The molecule has 0 aliphatic heterocycles. The maximum absolute atomic E-state index is 11.6. The molecule has 0 saturated carbocycles. The first-order valence-corrected chi connectivity index (χ1v) is 7.75. The van der Waals surface area contributed by atoms with Gasteiger partial charge < -0.3 is 13.7 Å². The first-order chi connectivity index (χ1) is 11.2. The van der Waals surface area contributed by atoms with Crippen LogP contribution in [0.15, 0.2) is 51.3 Å². The molecule has 23 heavy (non-hydrogen) atoms. The average molecular weight is 330 g/mol. The van der Waals surface area contributed by atoms with Crippen molar-refractivity contribution < 1.29 is 13.9 Å². The number of furan rings is 1. The van der Waals surface area contributed by atoms with Crippen LogP contribution in [0.4, 0.5) is 0 Å². The first kappa shape index (κ1) is 15.3. The van der Waals surface area contributed by atoms with E-state index in [9.17, 15) is 4.79 Å². The van der Waals surface area contributed by atoms with Crippen molar-refractivity contribution in [3.8, 4) is 11.6 Å². The van der Waals surface area contributed by atoms with Crippen molar-refractivity contribution in [3.63, 3.8) is 0 Å². The summed E-state index contributed by atoms with van der Waals surface area (Å²) in [6, 6.07) is 7.05. The normalized spacial score (nSPS) is 10.7. The molecule has 0 N–H and O–H groups in total. The Morgan fingerprint density at radius 1 is 1.35 bits per heavy atom. The quantitative estimate of drug-likeness (QED) is 0.665. The molecule has 0 unspecified atom stereocenters. The smallest absolute Gasteiger partial charge is 0.339 e. The van der Waals surface area contributed by atoms with Crippen molar-refractivity contribution in [3.05, 3.63) is 42.3 Å². The van der Waals surface area contributed by atoms with Crippen LogP contribution in [0.25, 0.3) is 11.6 Å². The molecule has 3 aromatic rings. The van der Waals surface area contributed by atoms with Crippen LogP contribution in [0.3, 0.4) is 0 Å². The minimum Gasteiger partial charge on any atom is -0.462 e. The van der Waals surface area contributed by atoms with E-state index >= 15 is 0 Å². The van der Waals surface area contributed by atoms with E-state index in [1.165, 1.54) is 18.0 Å². The molecule has 0 aromatic carbocycles. The molecule has 0 radical (unpaired) electrons. The van der Waals surface area contributed by atoms with Crippen molar-refractivity contribution in [2.45, 2.75) is 17.1 Å². The molecular formula is C15H14N4O3S. The standard InChI is InChI=1S/C15H14N4O3S/c1-3-21-14(20)10-6-7-12(16-9-10)23-15-18-17-13(19(15)2)11-5-4-8-22-11/h4-9H,3H2,1-2H3. The number of hydrogen-bond donors (Lipinski definition) is 0. The van der Waals surface area contributed by atoms with Gasteiger partial charge >= 0.3 is 5.97 Å². The van der Waals surface area contributed by atoms with Crippen molar-refractivity contribution in [2.75, 3.05) is 6.61 Å². The summed E-state index contributed by atoms with van der Waals surface area (Å²) in [7, 11) is 1.85. The second kappa shape index (κ2) is 6.66. The van der Waals surface area contributed by atoms with E-state index in [1.54, 1.807) is 31.4 Å². The molecule has 3 aromatic heterocycles. The predicted molar refractivity (Wildman–Crippen MR) is 83.0 cm³/mol. The number of hydrogen-bond acceptors (Lipinski definition) is 7. The summed E-state index contributed by atoms with van der Waals surface area (Å²) >= 11 is 1.35. The molecule has 0 atom stereocenters. The summed E-state index contributed by atoms with van der Waals surface area (Å²) in [6.07, 6.45) is 3.08. The third-order valence-electron chi connectivity index (χ3n) is 3.02. The number of ether oxygens (including phenoxy) is 1. The monoisotopic (exact) mass is 330 g/mol. The zero-order chi connectivity index (χ0) is 16.2. The van der Waals surface area contributed by atoms with E-state index in [0.717, 1.165) is 0 Å². The van der Waals surface area contributed by atoms with Crippen LogP contribution in [0.5, 0.6) is 0 Å². The second-order valence-electron chi connectivity index (χ2n) is 4.55. The van der Waals surface area contributed by atoms with Gasteiger partial charge in [-0.3, -0.25) is 0 Å². The summed E-state index contributed by atoms with van der Waals surface area (Å²) < 4.78 is 12.1. The summed E-state index contributed by atoms with van der Waals surface area (Å²) in [5.41, 5.74) is 0.422. The van der Waals surface area contributed by atoms with Gasteiger partial charge in [0.2, 0.25) is 0 Å².